The van der Waals surface area contributed by atoms with Crippen LogP contribution in [0.1, 0.15) is 87.0 Å². The van der Waals surface area contributed by atoms with Gasteiger partial charge in [0.05, 0.1) is 17.0 Å². The summed E-state index contributed by atoms with van der Waals surface area (Å²) < 4.78 is 25.3. The summed E-state index contributed by atoms with van der Waals surface area (Å²) in [5.41, 5.74) is 4.36. The first-order valence-corrected chi connectivity index (χ1v) is 17.7. The quantitative estimate of drug-likeness (QED) is 0.247. The van der Waals surface area contributed by atoms with E-state index in [0.717, 1.165) is 19.3 Å². The van der Waals surface area contributed by atoms with E-state index in [1.165, 1.54) is 4.90 Å². The molecular weight excluding hydrogens is 586 g/mol. The minimum Gasteiger partial charge on any atom is -0.363 e. The lowest BCUT2D eigenvalue weighted by atomic mass is 9.80. The molecule has 2 saturated heterocycles. The Morgan fingerprint density at radius 1 is 0.977 bits per heavy atom. The summed E-state index contributed by atoms with van der Waals surface area (Å²) in [6, 6.07) is -4.21. The molecule has 2 saturated carbocycles. The SMILES string of the molecule is CC(C)C(NC(=O)N[C@H](C(=O)N1CC2C([C@H]1C(=O)NC(CC1CCC1)C(=O)C(N)=O)C2(C)C)C(C)(C)C)C1CCCS1(=O)=O. The summed E-state index contributed by atoms with van der Waals surface area (Å²) in [6.07, 6.45) is 4.20. The number of hydrogen-bond acceptors (Lipinski definition) is 7. The second-order valence-electron chi connectivity index (χ2n) is 15.4. The number of sulfone groups is 1. The van der Waals surface area contributed by atoms with Crippen LogP contribution in [0.5, 0.6) is 0 Å². The number of nitrogens with zero attached hydrogens (tertiary/aromatic N) is 1. The van der Waals surface area contributed by atoms with Crippen LogP contribution in [-0.2, 0) is 29.0 Å². The highest BCUT2D eigenvalue weighted by Crippen LogP contribution is 2.65. The monoisotopic (exact) mass is 637 g/mol. The molecule has 4 aliphatic rings. The number of urea groups is 1. The van der Waals surface area contributed by atoms with E-state index in [9.17, 15) is 32.4 Å². The lowest BCUT2D eigenvalue weighted by molar-refractivity contribution is -0.145. The van der Waals surface area contributed by atoms with Crippen molar-refractivity contribution in [3.05, 3.63) is 0 Å². The Morgan fingerprint density at radius 3 is 2.09 bits per heavy atom. The van der Waals surface area contributed by atoms with Crippen molar-refractivity contribution in [2.24, 2.45) is 40.2 Å². The molecule has 44 heavy (non-hydrogen) atoms. The Labute approximate surface area is 261 Å². The molecule has 13 heteroatoms. The van der Waals surface area contributed by atoms with Gasteiger partial charge in [0.15, 0.2) is 9.84 Å². The molecule has 5 amide bonds. The molecule has 4 fully saturated rings. The van der Waals surface area contributed by atoms with Gasteiger partial charge in [0.25, 0.3) is 5.91 Å². The molecule has 5 N–H and O–H groups in total. The summed E-state index contributed by atoms with van der Waals surface area (Å²) in [6.45, 7) is 13.5. The summed E-state index contributed by atoms with van der Waals surface area (Å²) in [5, 5.41) is 7.75. The van der Waals surface area contributed by atoms with Gasteiger partial charge in [0, 0.05) is 12.6 Å². The van der Waals surface area contributed by atoms with Crippen LogP contribution >= 0.6 is 0 Å². The number of Topliss-reactive ketones (excluding diaryl/α,β-unsaturated/α-hetero) is 1. The average Bonchev–Trinajstić information content (AvgIpc) is 3.19. The fraction of sp³-hybridized carbons (Fsp3) is 0.839. The molecule has 2 aliphatic carbocycles. The topological polar surface area (TPSA) is 185 Å². The molecule has 7 atom stereocenters. The van der Waals surface area contributed by atoms with E-state index in [4.69, 9.17) is 5.73 Å². The van der Waals surface area contributed by atoms with Gasteiger partial charge in [0.1, 0.15) is 12.1 Å². The maximum Gasteiger partial charge on any atom is 0.315 e. The van der Waals surface area contributed by atoms with Crippen molar-refractivity contribution in [1.82, 2.24) is 20.9 Å². The normalized spacial score (nSPS) is 29.1. The smallest absolute Gasteiger partial charge is 0.315 e. The predicted octanol–water partition coefficient (Wildman–Crippen LogP) is 1.51. The number of fused-ring (bicyclic) bond motifs is 1. The van der Waals surface area contributed by atoms with Crippen LogP contribution in [0.3, 0.4) is 0 Å². The van der Waals surface area contributed by atoms with Crippen molar-refractivity contribution in [2.75, 3.05) is 12.3 Å². The number of nitrogens with two attached hydrogens (primary N) is 1. The number of hydrogen-bond donors (Lipinski definition) is 4. The third kappa shape index (κ3) is 6.77. The lowest BCUT2D eigenvalue weighted by Gasteiger charge is -2.38. The van der Waals surface area contributed by atoms with Crippen LogP contribution in [0.4, 0.5) is 4.79 Å². The minimum atomic E-state index is -3.33. The molecule has 5 unspecified atom stereocenters. The molecule has 248 valence electrons. The number of likely N-dealkylation sites (tertiary alicyclic amines) is 1. The van der Waals surface area contributed by atoms with Crippen LogP contribution in [-0.4, -0.2) is 84.6 Å². The fourth-order valence-electron chi connectivity index (χ4n) is 7.58. The van der Waals surface area contributed by atoms with Gasteiger partial charge >= 0.3 is 6.03 Å². The molecule has 0 bridgehead atoms. The first kappa shape index (κ1) is 34.2. The number of rotatable bonds is 11. The standard InChI is InChI=1S/C31H51N5O7S/c1-16(2)22(20-12-9-13-44(20,42)43)34-29(41)35-25(30(3,4)5)28(40)36-15-18-21(31(18,6)7)23(36)27(39)33-19(24(37)26(32)38)14-17-10-8-11-17/h16-23,25H,8-15H2,1-7H3,(H2,32,38)(H,33,39)(H2,34,35,41)/t18?,19?,20?,21?,22?,23-,25+/m0/s1. The summed E-state index contributed by atoms with van der Waals surface area (Å²) in [4.78, 5) is 67.4. The average molecular weight is 638 g/mol. The molecule has 0 spiro atoms. The number of carbonyl (C=O) groups excluding carboxylic acids is 5. The zero-order chi connectivity index (χ0) is 32.9. The van der Waals surface area contributed by atoms with Gasteiger partial charge in [-0.05, 0) is 53.8 Å². The van der Waals surface area contributed by atoms with Crippen molar-refractivity contribution in [1.29, 1.82) is 0 Å². The minimum absolute atomic E-state index is 0.0615. The van der Waals surface area contributed by atoms with E-state index in [-0.39, 0.29) is 34.8 Å². The summed E-state index contributed by atoms with van der Waals surface area (Å²) in [5.74, 6) is -2.80. The molecule has 0 aromatic rings. The van der Waals surface area contributed by atoms with Gasteiger partial charge in [0.2, 0.25) is 17.6 Å². The summed E-state index contributed by atoms with van der Waals surface area (Å²) >= 11 is 0. The number of carbonyl (C=O) groups is 5. The maximum absolute atomic E-state index is 14.2. The van der Waals surface area contributed by atoms with Crippen molar-refractivity contribution in [3.8, 4) is 0 Å². The third-order valence-electron chi connectivity index (χ3n) is 10.6. The van der Waals surface area contributed by atoms with E-state index in [1.807, 2.05) is 48.5 Å². The Hall–Kier alpha value is -2.70. The maximum atomic E-state index is 14.2. The molecule has 2 heterocycles. The Kier molecular flexibility index (Phi) is 9.51. The van der Waals surface area contributed by atoms with E-state index in [1.54, 1.807) is 0 Å². The zero-order valence-electron chi connectivity index (χ0n) is 27.1. The number of nitrogens with one attached hydrogen (secondary N) is 3. The third-order valence-corrected chi connectivity index (χ3v) is 12.9. The number of ketones is 1. The van der Waals surface area contributed by atoms with Gasteiger partial charge < -0.3 is 26.6 Å². The highest BCUT2D eigenvalue weighted by Gasteiger charge is 2.70. The largest absolute Gasteiger partial charge is 0.363 e. The highest BCUT2D eigenvalue weighted by atomic mass is 32.2. The summed E-state index contributed by atoms with van der Waals surface area (Å²) in [7, 11) is -3.33. The Morgan fingerprint density at radius 2 is 1.61 bits per heavy atom. The molecule has 4 rings (SSSR count). The molecule has 0 aromatic carbocycles. The van der Waals surface area contributed by atoms with Crippen molar-refractivity contribution >= 4 is 39.4 Å². The second kappa shape index (κ2) is 12.2. The zero-order valence-corrected chi connectivity index (χ0v) is 28.0. The van der Waals surface area contributed by atoms with E-state index < -0.39 is 74.2 Å². The van der Waals surface area contributed by atoms with Gasteiger partial charge in [-0.3, -0.25) is 19.2 Å². The predicted molar refractivity (Wildman–Crippen MR) is 165 cm³/mol. The molecule has 0 radical (unpaired) electrons. The molecule has 12 nitrogen and oxygen atoms in total. The molecule has 2 aliphatic heterocycles. The first-order valence-electron chi connectivity index (χ1n) is 16.0. The number of piperidine rings is 1. The van der Waals surface area contributed by atoms with Crippen molar-refractivity contribution in [3.63, 3.8) is 0 Å². The van der Waals surface area contributed by atoms with Gasteiger partial charge in [-0.25, -0.2) is 13.2 Å². The highest BCUT2D eigenvalue weighted by molar-refractivity contribution is 7.92. The Bertz CT molecular complexity index is 1290. The van der Waals surface area contributed by atoms with E-state index >= 15 is 0 Å². The van der Waals surface area contributed by atoms with Crippen LogP contribution in [0.2, 0.25) is 0 Å². The van der Waals surface area contributed by atoms with Crippen molar-refractivity contribution < 1.29 is 32.4 Å². The van der Waals surface area contributed by atoms with Gasteiger partial charge in [-0.2, -0.15) is 0 Å². The number of amides is 5. The van der Waals surface area contributed by atoms with Gasteiger partial charge in [-0.15, -0.1) is 0 Å². The fourth-order valence-corrected chi connectivity index (χ4v) is 9.81. The van der Waals surface area contributed by atoms with E-state index in [0.29, 0.717) is 25.8 Å². The van der Waals surface area contributed by atoms with E-state index in [2.05, 4.69) is 16.0 Å². The second-order valence-corrected chi connectivity index (χ2v) is 17.8. The number of primary amides is 1. The molecular formula is C31H51N5O7S. The van der Waals surface area contributed by atoms with Crippen LogP contribution < -0.4 is 21.7 Å². The van der Waals surface area contributed by atoms with Crippen LogP contribution in [0, 0.1) is 34.5 Å². The Balaban J connectivity index is 1.53. The lowest BCUT2D eigenvalue weighted by Crippen LogP contribution is -2.62. The van der Waals surface area contributed by atoms with Crippen LogP contribution in [0.15, 0.2) is 0 Å². The first-order chi connectivity index (χ1) is 20.3. The van der Waals surface area contributed by atoms with Gasteiger partial charge in [-0.1, -0.05) is 67.7 Å². The molecule has 0 aromatic heterocycles. The van der Waals surface area contributed by atoms with Crippen LogP contribution in [0.25, 0.3) is 0 Å². The van der Waals surface area contributed by atoms with Crippen molar-refractivity contribution in [2.45, 2.75) is 116 Å².